The van der Waals surface area contributed by atoms with Crippen molar-refractivity contribution in [3.05, 3.63) is 24.8 Å². The molecule has 0 aliphatic heterocycles. The Bertz CT molecular complexity index is 578. The van der Waals surface area contributed by atoms with Gasteiger partial charge in [0.2, 0.25) is 0 Å². The van der Waals surface area contributed by atoms with Gasteiger partial charge in [-0.3, -0.25) is 0 Å². The second kappa shape index (κ2) is 4.99. The summed E-state index contributed by atoms with van der Waals surface area (Å²) in [6.45, 7) is 14.7. The minimum Gasteiger partial charge on any atom is -0.198 e. The van der Waals surface area contributed by atoms with Gasteiger partial charge in [0.05, 0.1) is 23.0 Å². The highest BCUT2D eigenvalue weighted by Crippen LogP contribution is 2.65. The van der Waals surface area contributed by atoms with E-state index in [0.717, 1.165) is 19.3 Å². The molecule has 0 bridgehead atoms. The van der Waals surface area contributed by atoms with Crippen LogP contribution in [0, 0.1) is 56.2 Å². The fraction of sp³-hybridized carbons (Fsp3) is 0.700. The third-order valence-corrected chi connectivity index (χ3v) is 6.26. The predicted octanol–water partition coefficient (Wildman–Crippen LogP) is 5.25. The van der Waals surface area contributed by atoms with Crippen molar-refractivity contribution in [3.8, 4) is 12.1 Å². The van der Waals surface area contributed by atoms with E-state index in [9.17, 15) is 10.5 Å². The Balaban J connectivity index is 2.02. The fourth-order valence-corrected chi connectivity index (χ4v) is 4.02. The van der Waals surface area contributed by atoms with Crippen molar-refractivity contribution in [2.45, 2.75) is 53.9 Å². The third kappa shape index (κ3) is 2.30. The number of allylic oxidation sites excluding steroid dienone is 3. The molecule has 0 saturated heterocycles. The normalized spacial score (nSPS) is 37.4. The molecule has 0 heterocycles. The molecule has 22 heavy (non-hydrogen) atoms. The van der Waals surface area contributed by atoms with E-state index in [-0.39, 0.29) is 21.7 Å². The third-order valence-electron chi connectivity index (χ3n) is 6.26. The molecule has 0 aromatic heterocycles. The maximum Gasteiger partial charge on any atom is 0.0701 e. The van der Waals surface area contributed by atoms with Crippen molar-refractivity contribution in [1.82, 2.24) is 0 Å². The first-order valence-electron chi connectivity index (χ1n) is 8.22. The van der Waals surface area contributed by atoms with Crippen molar-refractivity contribution in [3.63, 3.8) is 0 Å². The van der Waals surface area contributed by atoms with E-state index in [0.29, 0.717) is 11.8 Å². The predicted molar refractivity (Wildman–Crippen MR) is 89.5 cm³/mol. The topological polar surface area (TPSA) is 47.6 Å². The van der Waals surface area contributed by atoms with Crippen molar-refractivity contribution in [2.75, 3.05) is 0 Å². The van der Waals surface area contributed by atoms with E-state index < -0.39 is 0 Å². The van der Waals surface area contributed by atoms with E-state index in [1.54, 1.807) is 0 Å². The molecule has 2 nitrogen and oxygen atoms in total. The Morgan fingerprint density at radius 2 is 1.59 bits per heavy atom. The quantitative estimate of drug-likeness (QED) is 0.650. The van der Waals surface area contributed by atoms with Gasteiger partial charge in [0.1, 0.15) is 0 Å². The monoisotopic (exact) mass is 296 g/mol. The Morgan fingerprint density at radius 3 is 1.95 bits per heavy atom. The summed E-state index contributed by atoms with van der Waals surface area (Å²) >= 11 is 0. The fourth-order valence-electron chi connectivity index (χ4n) is 4.02. The molecule has 0 aromatic rings. The zero-order valence-electron chi connectivity index (χ0n) is 14.6. The zero-order chi connectivity index (χ0) is 16.8. The average molecular weight is 296 g/mol. The molecule has 2 aliphatic carbocycles. The lowest BCUT2D eigenvalue weighted by Gasteiger charge is -2.29. The van der Waals surface area contributed by atoms with Crippen LogP contribution in [0.1, 0.15) is 53.9 Å². The summed E-state index contributed by atoms with van der Waals surface area (Å²) < 4.78 is 0. The summed E-state index contributed by atoms with van der Waals surface area (Å²) in [5.41, 5.74) is -0.490. The van der Waals surface area contributed by atoms with Gasteiger partial charge >= 0.3 is 0 Å². The molecule has 0 radical (unpaired) electrons. The van der Waals surface area contributed by atoms with E-state index in [1.165, 1.54) is 0 Å². The zero-order valence-corrected chi connectivity index (χ0v) is 14.6. The molecule has 2 fully saturated rings. The molecule has 0 N–H and O–H groups in total. The second-order valence-electron chi connectivity index (χ2n) is 8.79. The number of hydrogen-bond donors (Lipinski definition) is 0. The number of nitrogens with zero attached hydrogens (tertiary/aromatic N) is 2. The molecular formula is C20H28N2. The van der Waals surface area contributed by atoms with E-state index in [1.807, 2.05) is 6.08 Å². The first-order valence-corrected chi connectivity index (χ1v) is 8.22. The Morgan fingerprint density at radius 1 is 1.05 bits per heavy atom. The lowest BCUT2D eigenvalue weighted by atomic mass is 9.72. The van der Waals surface area contributed by atoms with E-state index >= 15 is 0 Å². The molecule has 2 saturated carbocycles. The van der Waals surface area contributed by atoms with Crippen molar-refractivity contribution in [2.24, 2.45) is 33.5 Å². The first-order chi connectivity index (χ1) is 10.1. The highest BCUT2D eigenvalue weighted by Gasteiger charge is 2.62. The molecule has 2 heteroatoms. The maximum absolute atomic E-state index is 9.58. The Kier molecular flexibility index (Phi) is 3.81. The standard InChI is InChI=1S/C20H28N2/c1-7-15-11-20(15,14-22)18(5,6)10-8-9-16-12-19(16,13-21)17(2,3)4/h7-9,15-16H,1,10-12H2,2-6H3/b9-8-/t15-,16-,19-,20+/m0/s1. The number of hydrogen-bond acceptors (Lipinski definition) is 2. The van der Waals surface area contributed by atoms with Gasteiger partial charge < -0.3 is 0 Å². The van der Waals surface area contributed by atoms with Crippen LogP contribution >= 0.6 is 0 Å². The van der Waals surface area contributed by atoms with Crippen LogP contribution in [0.3, 0.4) is 0 Å². The highest BCUT2D eigenvalue weighted by atomic mass is 14.6. The van der Waals surface area contributed by atoms with Gasteiger partial charge in [0.25, 0.3) is 0 Å². The summed E-state index contributed by atoms with van der Waals surface area (Å²) in [6, 6.07) is 5.08. The van der Waals surface area contributed by atoms with Gasteiger partial charge in [0, 0.05) is 0 Å². The summed E-state index contributed by atoms with van der Waals surface area (Å²) in [5.74, 6) is 0.690. The van der Waals surface area contributed by atoms with Gasteiger partial charge in [-0.15, -0.1) is 6.58 Å². The Hall–Kier alpha value is -1.54. The van der Waals surface area contributed by atoms with Gasteiger partial charge in [0.15, 0.2) is 0 Å². The Labute approximate surface area is 135 Å². The minimum absolute atomic E-state index is 0.0184. The van der Waals surface area contributed by atoms with Crippen molar-refractivity contribution in [1.29, 1.82) is 10.5 Å². The summed E-state index contributed by atoms with van der Waals surface area (Å²) in [4.78, 5) is 0. The van der Waals surface area contributed by atoms with Crippen LogP contribution < -0.4 is 0 Å². The van der Waals surface area contributed by atoms with Crippen molar-refractivity contribution >= 4 is 0 Å². The summed E-state index contributed by atoms with van der Waals surface area (Å²) in [6.07, 6.45) is 9.12. The van der Waals surface area contributed by atoms with Crippen LogP contribution in [0.4, 0.5) is 0 Å². The van der Waals surface area contributed by atoms with Crippen LogP contribution in [-0.2, 0) is 0 Å². The smallest absolute Gasteiger partial charge is 0.0701 e. The molecule has 0 aromatic carbocycles. The lowest BCUT2D eigenvalue weighted by molar-refractivity contribution is 0.236. The molecule has 4 atom stereocenters. The van der Waals surface area contributed by atoms with Gasteiger partial charge in [-0.25, -0.2) is 0 Å². The molecule has 0 unspecified atom stereocenters. The number of nitriles is 2. The summed E-state index contributed by atoms with van der Waals surface area (Å²) in [5, 5.41) is 19.1. The molecule has 118 valence electrons. The minimum atomic E-state index is -0.251. The molecule has 2 aliphatic rings. The van der Waals surface area contributed by atoms with E-state index in [2.05, 4.69) is 65.5 Å². The molecular weight excluding hydrogens is 268 g/mol. The van der Waals surface area contributed by atoms with Gasteiger partial charge in [-0.05, 0) is 41.9 Å². The second-order valence-corrected chi connectivity index (χ2v) is 8.79. The van der Waals surface area contributed by atoms with Crippen LogP contribution in [0.25, 0.3) is 0 Å². The number of rotatable bonds is 5. The van der Waals surface area contributed by atoms with E-state index in [4.69, 9.17) is 0 Å². The van der Waals surface area contributed by atoms with Crippen molar-refractivity contribution < 1.29 is 0 Å². The van der Waals surface area contributed by atoms with Crippen LogP contribution in [-0.4, -0.2) is 0 Å². The molecule has 0 spiro atoms. The van der Waals surface area contributed by atoms with Crippen LogP contribution in [0.2, 0.25) is 0 Å². The lowest BCUT2D eigenvalue weighted by Crippen LogP contribution is -2.25. The SMILES string of the molecule is C=C[C@H]1C[C@]1(C#N)C(C)(C)C/C=C\[C@H]1C[C@@]1(C#N)C(C)(C)C. The summed E-state index contributed by atoms with van der Waals surface area (Å²) in [7, 11) is 0. The first kappa shape index (κ1) is 16.8. The van der Waals surface area contributed by atoms with Gasteiger partial charge in [-0.1, -0.05) is 52.8 Å². The highest BCUT2D eigenvalue weighted by molar-refractivity contribution is 5.28. The van der Waals surface area contributed by atoms with Crippen LogP contribution in [0.15, 0.2) is 24.8 Å². The molecule has 2 rings (SSSR count). The maximum atomic E-state index is 9.58. The largest absolute Gasteiger partial charge is 0.198 e. The average Bonchev–Trinajstić information content (AvgIpc) is 3.31. The molecule has 0 amide bonds. The van der Waals surface area contributed by atoms with Gasteiger partial charge in [-0.2, -0.15) is 10.5 Å². The van der Waals surface area contributed by atoms with Crippen LogP contribution in [0.5, 0.6) is 0 Å².